The Morgan fingerprint density at radius 1 is 1.23 bits per heavy atom. The normalized spacial score (nSPS) is 12.4. The number of halogens is 1. The van der Waals surface area contributed by atoms with E-state index in [9.17, 15) is 9.59 Å². The highest BCUT2D eigenvalue weighted by Crippen LogP contribution is 2.28. The summed E-state index contributed by atoms with van der Waals surface area (Å²) in [6.45, 7) is 5.82. The number of hydrogen-bond acceptors (Lipinski definition) is 4. The Kier molecular flexibility index (Phi) is 5.81. The molecule has 0 saturated heterocycles. The van der Waals surface area contributed by atoms with Gasteiger partial charge in [0.1, 0.15) is 6.04 Å². The fourth-order valence-electron chi connectivity index (χ4n) is 3.25. The number of nitriles is 1. The lowest BCUT2D eigenvalue weighted by molar-refractivity contribution is -0.122. The van der Waals surface area contributed by atoms with Crippen molar-refractivity contribution in [2.45, 2.75) is 33.4 Å². The Morgan fingerprint density at radius 3 is 2.47 bits per heavy atom. The van der Waals surface area contributed by atoms with E-state index in [0.717, 1.165) is 5.56 Å². The molecule has 1 atom stereocenters. The molecule has 7 nitrogen and oxygen atoms in total. The zero-order chi connectivity index (χ0) is 22.1. The summed E-state index contributed by atoms with van der Waals surface area (Å²) in [6, 6.07) is 13.5. The van der Waals surface area contributed by atoms with Crippen LogP contribution in [0.15, 0.2) is 42.5 Å². The molecule has 1 unspecified atom stereocenters. The highest BCUT2D eigenvalue weighted by Gasteiger charge is 2.32. The average Bonchev–Trinajstić information content (AvgIpc) is 3.05. The maximum atomic E-state index is 13.0. The van der Waals surface area contributed by atoms with Crippen molar-refractivity contribution in [1.82, 2.24) is 15.1 Å². The Labute approximate surface area is 179 Å². The lowest BCUT2D eigenvalue weighted by Gasteiger charge is -2.28. The monoisotopic (exact) mass is 423 g/mol. The van der Waals surface area contributed by atoms with E-state index in [1.165, 1.54) is 0 Å². The first-order chi connectivity index (χ1) is 14.1. The minimum atomic E-state index is -0.858. The summed E-state index contributed by atoms with van der Waals surface area (Å²) in [4.78, 5) is 24.9. The molecule has 0 radical (unpaired) electrons. The van der Waals surface area contributed by atoms with E-state index in [1.54, 1.807) is 35.0 Å². The minimum absolute atomic E-state index is 0.164. The maximum absolute atomic E-state index is 13.0. The Balaban J connectivity index is 2.02. The number of fused-ring (bicyclic) bond motifs is 1. The second-order valence-corrected chi connectivity index (χ2v) is 8.53. The van der Waals surface area contributed by atoms with Gasteiger partial charge in [-0.1, -0.05) is 56.6 Å². The molecule has 1 heterocycles. The summed E-state index contributed by atoms with van der Waals surface area (Å²) in [5.74, 6) is -1.12. The number of benzene rings is 2. The van der Waals surface area contributed by atoms with E-state index in [2.05, 4.69) is 16.5 Å². The van der Waals surface area contributed by atoms with Crippen LogP contribution in [0, 0.1) is 16.7 Å². The van der Waals surface area contributed by atoms with Gasteiger partial charge in [0, 0.05) is 5.39 Å². The van der Waals surface area contributed by atoms with Crippen molar-refractivity contribution in [2.75, 3.05) is 0 Å². The van der Waals surface area contributed by atoms with Gasteiger partial charge >= 0.3 is 0 Å². The summed E-state index contributed by atoms with van der Waals surface area (Å²) in [5.41, 5.74) is 7.17. The number of aromatic nitrogens is 2. The van der Waals surface area contributed by atoms with Crippen LogP contribution < -0.4 is 11.1 Å². The molecule has 2 amide bonds. The number of nitrogens with one attached hydrogen (secondary N) is 1. The van der Waals surface area contributed by atoms with Gasteiger partial charge in [-0.05, 0) is 29.2 Å². The Hall–Kier alpha value is -3.37. The molecule has 0 aliphatic heterocycles. The van der Waals surface area contributed by atoms with Crippen LogP contribution in [-0.4, -0.2) is 27.6 Å². The van der Waals surface area contributed by atoms with Crippen molar-refractivity contribution in [1.29, 1.82) is 5.26 Å². The highest BCUT2D eigenvalue weighted by atomic mass is 35.5. The molecule has 30 heavy (non-hydrogen) atoms. The second kappa shape index (κ2) is 8.17. The SMILES string of the molecule is CC(C)(C)C(NC(=O)c1nn(Cc2ccc(C#N)cc2)c2c(Cl)cccc12)C(N)=O. The molecular weight excluding hydrogens is 402 g/mol. The van der Waals surface area contributed by atoms with E-state index in [4.69, 9.17) is 22.6 Å². The number of rotatable bonds is 5. The molecule has 3 N–H and O–H groups in total. The van der Waals surface area contributed by atoms with Gasteiger partial charge in [0.2, 0.25) is 5.91 Å². The number of hydrogen-bond donors (Lipinski definition) is 2. The lowest BCUT2D eigenvalue weighted by atomic mass is 9.86. The fraction of sp³-hybridized carbons (Fsp3) is 0.273. The summed E-state index contributed by atoms with van der Waals surface area (Å²) >= 11 is 6.41. The Bertz CT molecular complexity index is 1150. The number of carbonyl (C=O) groups excluding carboxylic acids is 2. The van der Waals surface area contributed by atoms with Crippen LogP contribution in [0.3, 0.4) is 0 Å². The second-order valence-electron chi connectivity index (χ2n) is 8.13. The molecular formula is C22H22ClN5O2. The van der Waals surface area contributed by atoms with Crippen LogP contribution in [0.5, 0.6) is 0 Å². The molecule has 3 rings (SSSR count). The van der Waals surface area contributed by atoms with Gasteiger partial charge < -0.3 is 11.1 Å². The maximum Gasteiger partial charge on any atom is 0.273 e. The van der Waals surface area contributed by atoms with Crippen molar-refractivity contribution in [3.63, 3.8) is 0 Å². The molecule has 0 aliphatic carbocycles. The summed E-state index contributed by atoms with van der Waals surface area (Å²) in [6.07, 6.45) is 0. The largest absolute Gasteiger partial charge is 0.368 e. The van der Waals surface area contributed by atoms with E-state index >= 15 is 0 Å². The number of primary amides is 1. The molecule has 154 valence electrons. The molecule has 0 bridgehead atoms. The van der Waals surface area contributed by atoms with Gasteiger partial charge in [-0.15, -0.1) is 0 Å². The minimum Gasteiger partial charge on any atom is -0.368 e. The number of amides is 2. The molecule has 3 aromatic rings. The van der Waals surface area contributed by atoms with Gasteiger partial charge in [-0.2, -0.15) is 10.4 Å². The summed E-state index contributed by atoms with van der Waals surface area (Å²) in [7, 11) is 0. The predicted octanol–water partition coefficient (Wildman–Crippen LogP) is 3.24. The van der Waals surface area contributed by atoms with Crippen LogP contribution in [0.4, 0.5) is 0 Å². The van der Waals surface area contributed by atoms with E-state index < -0.39 is 23.3 Å². The first kappa shape index (κ1) is 21.3. The standard InChI is InChI=1S/C22H22ClN5O2/c1-22(2,3)19(20(25)29)26-21(30)17-15-5-4-6-16(23)18(15)28(27-17)12-14-9-7-13(11-24)8-10-14/h4-10,19H,12H2,1-3H3,(H2,25,29)(H,26,30). The van der Waals surface area contributed by atoms with E-state index in [0.29, 0.717) is 28.0 Å². The number of para-hydroxylation sites is 1. The first-order valence-corrected chi connectivity index (χ1v) is 9.74. The number of nitrogens with zero attached hydrogens (tertiary/aromatic N) is 3. The topological polar surface area (TPSA) is 114 Å². The summed E-state index contributed by atoms with van der Waals surface area (Å²) < 4.78 is 1.64. The van der Waals surface area contributed by atoms with Crippen LogP contribution in [-0.2, 0) is 11.3 Å². The van der Waals surface area contributed by atoms with Gasteiger partial charge in [-0.25, -0.2) is 0 Å². The van der Waals surface area contributed by atoms with Crippen LogP contribution in [0.25, 0.3) is 10.9 Å². The molecule has 0 saturated carbocycles. The van der Waals surface area contributed by atoms with Crippen molar-refractivity contribution in [3.8, 4) is 6.07 Å². The van der Waals surface area contributed by atoms with Gasteiger partial charge in [0.25, 0.3) is 5.91 Å². The van der Waals surface area contributed by atoms with Gasteiger partial charge in [-0.3, -0.25) is 14.3 Å². The molecule has 0 spiro atoms. The predicted molar refractivity (Wildman–Crippen MR) is 115 cm³/mol. The number of carbonyl (C=O) groups is 2. The quantitative estimate of drug-likeness (QED) is 0.655. The third-order valence-electron chi connectivity index (χ3n) is 4.78. The van der Waals surface area contributed by atoms with E-state index in [-0.39, 0.29) is 5.69 Å². The number of nitrogens with two attached hydrogens (primary N) is 1. The van der Waals surface area contributed by atoms with Crippen molar-refractivity contribution in [3.05, 3.63) is 64.3 Å². The molecule has 0 aliphatic rings. The highest BCUT2D eigenvalue weighted by molar-refractivity contribution is 6.35. The van der Waals surface area contributed by atoms with Crippen LogP contribution >= 0.6 is 11.6 Å². The fourth-order valence-corrected chi connectivity index (χ4v) is 3.52. The zero-order valence-electron chi connectivity index (χ0n) is 16.9. The molecule has 2 aromatic carbocycles. The summed E-state index contributed by atoms with van der Waals surface area (Å²) in [5, 5.41) is 17.2. The van der Waals surface area contributed by atoms with Crippen molar-refractivity contribution in [2.24, 2.45) is 11.1 Å². The van der Waals surface area contributed by atoms with Gasteiger partial charge in [0.05, 0.1) is 28.7 Å². The molecule has 8 heteroatoms. The van der Waals surface area contributed by atoms with Crippen molar-refractivity contribution >= 4 is 34.3 Å². The zero-order valence-corrected chi connectivity index (χ0v) is 17.7. The Morgan fingerprint density at radius 2 is 1.90 bits per heavy atom. The van der Waals surface area contributed by atoms with Crippen molar-refractivity contribution < 1.29 is 9.59 Å². The third-order valence-corrected chi connectivity index (χ3v) is 5.08. The van der Waals surface area contributed by atoms with Crippen LogP contribution in [0.2, 0.25) is 5.02 Å². The third kappa shape index (κ3) is 4.29. The lowest BCUT2D eigenvalue weighted by Crippen LogP contribution is -2.52. The van der Waals surface area contributed by atoms with Crippen LogP contribution in [0.1, 0.15) is 42.4 Å². The molecule has 0 fully saturated rings. The first-order valence-electron chi connectivity index (χ1n) is 9.36. The smallest absolute Gasteiger partial charge is 0.273 e. The molecule has 1 aromatic heterocycles. The van der Waals surface area contributed by atoms with Gasteiger partial charge in [0.15, 0.2) is 5.69 Å². The average molecular weight is 424 g/mol. The van der Waals surface area contributed by atoms with E-state index in [1.807, 2.05) is 32.9 Å².